The molecule has 0 amide bonds. The third kappa shape index (κ3) is 2.22. The number of benzene rings is 1. The van der Waals surface area contributed by atoms with Crippen LogP contribution in [0.3, 0.4) is 0 Å². The highest BCUT2D eigenvalue weighted by molar-refractivity contribution is 9.10. The Kier molecular flexibility index (Phi) is 3.52. The van der Waals surface area contributed by atoms with E-state index in [1.165, 1.54) is 0 Å². The van der Waals surface area contributed by atoms with Gasteiger partial charge in [-0.3, -0.25) is 4.98 Å². The van der Waals surface area contributed by atoms with Crippen molar-refractivity contribution in [2.24, 2.45) is 0 Å². The molecule has 0 bridgehead atoms. The van der Waals surface area contributed by atoms with E-state index in [1.807, 2.05) is 18.2 Å². The Hall–Kier alpha value is -1.29. The van der Waals surface area contributed by atoms with Crippen LogP contribution in [0.1, 0.15) is 19.0 Å². The fraction of sp³-hybridized carbons (Fsp3) is 0.308. The van der Waals surface area contributed by atoms with Crippen molar-refractivity contribution in [3.63, 3.8) is 0 Å². The number of nitrogen functional groups attached to an aromatic ring is 1. The maximum Gasteiger partial charge on any atom is 0.130 e. The fourth-order valence-electron chi connectivity index (χ4n) is 1.92. The summed E-state index contributed by atoms with van der Waals surface area (Å²) >= 11 is 3.51. The molecule has 0 atom stereocenters. The second kappa shape index (κ2) is 4.92. The summed E-state index contributed by atoms with van der Waals surface area (Å²) in [5.41, 5.74) is 8.70. The van der Waals surface area contributed by atoms with E-state index >= 15 is 0 Å². The Morgan fingerprint density at radius 1 is 1.41 bits per heavy atom. The van der Waals surface area contributed by atoms with Crippen LogP contribution < -0.4 is 10.5 Å². The van der Waals surface area contributed by atoms with Crippen molar-refractivity contribution in [3.05, 3.63) is 28.4 Å². The van der Waals surface area contributed by atoms with Gasteiger partial charge in [0, 0.05) is 15.9 Å². The summed E-state index contributed by atoms with van der Waals surface area (Å²) in [5.74, 6) is 0.760. The molecule has 4 heteroatoms. The van der Waals surface area contributed by atoms with Gasteiger partial charge in [0.25, 0.3) is 0 Å². The summed E-state index contributed by atoms with van der Waals surface area (Å²) in [6, 6.07) is 5.76. The topological polar surface area (TPSA) is 48.1 Å². The molecule has 0 unspecified atom stereocenters. The molecular formula is C13H15BrN2O. The number of fused-ring (bicyclic) bond motifs is 1. The molecule has 1 heterocycles. The number of hydrogen-bond acceptors (Lipinski definition) is 3. The lowest BCUT2D eigenvalue weighted by Gasteiger charge is -2.11. The summed E-state index contributed by atoms with van der Waals surface area (Å²) < 4.78 is 6.26. The summed E-state index contributed by atoms with van der Waals surface area (Å²) in [4.78, 5) is 4.63. The van der Waals surface area contributed by atoms with Crippen LogP contribution >= 0.6 is 15.9 Å². The van der Waals surface area contributed by atoms with Crippen LogP contribution in [0.2, 0.25) is 0 Å². The third-order valence-corrected chi connectivity index (χ3v) is 3.32. The number of hydrogen-bond donors (Lipinski definition) is 1. The number of nitrogens with two attached hydrogens (primary N) is 1. The number of anilines is 1. The molecule has 2 rings (SSSR count). The number of rotatable bonds is 3. The van der Waals surface area contributed by atoms with Gasteiger partial charge in [0.1, 0.15) is 5.75 Å². The van der Waals surface area contributed by atoms with Gasteiger partial charge in [-0.1, -0.05) is 13.3 Å². The minimum Gasteiger partial charge on any atom is -0.496 e. The van der Waals surface area contributed by atoms with Gasteiger partial charge in [0.05, 0.1) is 18.0 Å². The van der Waals surface area contributed by atoms with E-state index in [1.54, 1.807) is 7.11 Å². The van der Waals surface area contributed by atoms with Crippen molar-refractivity contribution in [1.29, 1.82) is 0 Å². The lowest BCUT2D eigenvalue weighted by atomic mass is 10.1. The maximum absolute atomic E-state index is 6.09. The minimum absolute atomic E-state index is 0.719. The van der Waals surface area contributed by atoms with Gasteiger partial charge < -0.3 is 10.5 Å². The predicted octanol–water partition coefficient (Wildman–Crippen LogP) is 3.54. The molecule has 1 aromatic carbocycles. The summed E-state index contributed by atoms with van der Waals surface area (Å²) in [6.45, 7) is 2.13. The van der Waals surface area contributed by atoms with Gasteiger partial charge in [0.15, 0.2) is 0 Å². The van der Waals surface area contributed by atoms with Crippen LogP contribution in [0.5, 0.6) is 5.75 Å². The van der Waals surface area contributed by atoms with Gasteiger partial charge in [-0.15, -0.1) is 0 Å². The average molecular weight is 295 g/mol. The molecule has 0 fully saturated rings. The average Bonchev–Trinajstić information content (AvgIpc) is 2.31. The number of halogens is 1. The molecule has 0 spiro atoms. The Bertz CT molecular complexity index is 555. The van der Waals surface area contributed by atoms with Crippen molar-refractivity contribution in [2.75, 3.05) is 12.8 Å². The zero-order chi connectivity index (χ0) is 12.4. The Morgan fingerprint density at radius 3 is 2.82 bits per heavy atom. The monoisotopic (exact) mass is 294 g/mol. The number of aryl methyl sites for hydroxylation is 1. The van der Waals surface area contributed by atoms with Crippen molar-refractivity contribution >= 4 is 32.5 Å². The Morgan fingerprint density at radius 2 is 2.18 bits per heavy atom. The van der Waals surface area contributed by atoms with E-state index < -0.39 is 0 Å². The van der Waals surface area contributed by atoms with E-state index in [2.05, 4.69) is 27.8 Å². The van der Waals surface area contributed by atoms with E-state index in [4.69, 9.17) is 10.5 Å². The molecule has 0 saturated heterocycles. The van der Waals surface area contributed by atoms with E-state index in [0.29, 0.717) is 0 Å². The van der Waals surface area contributed by atoms with E-state index in [-0.39, 0.29) is 0 Å². The number of pyridine rings is 1. The molecule has 0 saturated carbocycles. The highest BCUT2D eigenvalue weighted by Crippen LogP contribution is 2.34. The number of methoxy groups -OCH3 is 1. The third-order valence-electron chi connectivity index (χ3n) is 2.68. The number of ether oxygens (including phenoxy) is 1. The van der Waals surface area contributed by atoms with E-state index in [0.717, 1.165) is 45.3 Å². The molecule has 90 valence electrons. The molecule has 1 aromatic heterocycles. The lowest BCUT2D eigenvalue weighted by molar-refractivity contribution is 0.420. The van der Waals surface area contributed by atoms with Crippen molar-refractivity contribution in [3.8, 4) is 5.75 Å². The van der Waals surface area contributed by atoms with Crippen LogP contribution in [0.25, 0.3) is 10.9 Å². The summed E-state index contributed by atoms with van der Waals surface area (Å²) in [7, 11) is 1.64. The zero-order valence-corrected chi connectivity index (χ0v) is 11.5. The van der Waals surface area contributed by atoms with Gasteiger partial charge in [0.2, 0.25) is 0 Å². The Labute approximate surface area is 109 Å². The van der Waals surface area contributed by atoms with Gasteiger partial charge >= 0.3 is 0 Å². The van der Waals surface area contributed by atoms with Crippen LogP contribution in [-0.2, 0) is 6.42 Å². The summed E-state index contributed by atoms with van der Waals surface area (Å²) in [5, 5.41) is 0.877. The predicted molar refractivity (Wildman–Crippen MR) is 74.4 cm³/mol. The quantitative estimate of drug-likeness (QED) is 0.942. The zero-order valence-electron chi connectivity index (χ0n) is 9.96. The number of aromatic nitrogens is 1. The van der Waals surface area contributed by atoms with E-state index in [9.17, 15) is 0 Å². The molecule has 0 aliphatic heterocycles. The Balaban J connectivity index is 2.74. The van der Waals surface area contributed by atoms with Crippen LogP contribution in [0, 0.1) is 0 Å². The van der Waals surface area contributed by atoms with Crippen molar-refractivity contribution < 1.29 is 4.74 Å². The molecule has 17 heavy (non-hydrogen) atoms. The first kappa shape index (κ1) is 12.2. The molecule has 0 aliphatic carbocycles. The van der Waals surface area contributed by atoms with Gasteiger partial charge in [-0.25, -0.2) is 0 Å². The normalized spacial score (nSPS) is 10.8. The molecule has 2 aromatic rings. The first-order valence-corrected chi connectivity index (χ1v) is 6.38. The molecular weight excluding hydrogens is 280 g/mol. The van der Waals surface area contributed by atoms with Crippen LogP contribution in [0.4, 0.5) is 5.69 Å². The maximum atomic E-state index is 6.09. The molecule has 0 radical (unpaired) electrons. The smallest absolute Gasteiger partial charge is 0.130 e. The summed E-state index contributed by atoms with van der Waals surface area (Å²) in [6.07, 6.45) is 1.99. The largest absolute Gasteiger partial charge is 0.496 e. The molecule has 3 nitrogen and oxygen atoms in total. The number of nitrogens with zero attached hydrogens (tertiary/aromatic N) is 1. The highest BCUT2D eigenvalue weighted by atomic mass is 79.9. The first-order valence-electron chi connectivity index (χ1n) is 5.59. The van der Waals surface area contributed by atoms with Crippen LogP contribution in [0.15, 0.2) is 22.7 Å². The standard InChI is InChI=1S/C13H15BrN2O/c1-3-4-8-7-10(15)12-11(17-2)6-5-9(14)13(12)16-8/h5-7H,3-4H2,1-2H3,(H2,15,16). The van der Waals surface area contributed by atoms with Gasteiger partial charge in [-0.05, 0) is 40.5 Å². The molecule has 2 N–H and O–H groups in total. The second-order valence-corrected chi connectivity index (χ2v) is 4.78. The fourth-order valence-corrected chi connectivity index (χ4v) is 2.34. The lowest BCUT2D eigenvalue weighted by Crippen LogP contribution is -1.98. The SMILES string of the molecule is CCCc1cc(N)c2c(OC)ccc(Br)c2n1. The highest BCUT2D eigenvalue weighted by Gasteiger charge is 2.11. The molecule has 0 aliphatic rings. The first-order chi connectivity index (χ1) is 8.17. The minimum atomic E-state index is 0.719. The van der Waals surface area contributed by atoms with Crippen LogP contribution in [-0.4, -0.2) is 12.1 Å². The van der Waals surface area contributed by atoms with Gasteiger partial charge in [-0.2, -0.15) is 0 Å². The van der Waals surface area contributed by atoms with Crippen molar-refractivity contribution in [1.82, 2.24) is 4.98 Å². The second-order valence-electron chi connectivity index (χ2n) is 3.93. The van der Waals surface area contributed by atoms with Crippen molar-refractivity contribution in [2.45, 2.75) is 19.8 Å².